The third-order valence-electron chi connectivity index (χ3n) is 6.49. The van der Waals surface area contributed by atoms with Gasteiger partial charge in [0.25, 0.3) is 0 Å². The summed E-state index contributed by atoms with van der Waals surface area (Å²) in [6.45, 7) is 6.44. The molecule has 4 heterocycles. The van der Waals surface area contributed by atoms with E-state index >= 15 is 4.39 Å². The van der Waals surface area contributed by atoms with Gasteiger partial charge in [0.1, 0.15) is 28.7 Å². The molecule has 1 N–H and O–H groups in total. The summed E-state index contributed by atoms with van der Waals surface area (Å²) in [5.74, 6) is 0.532. The van der Waals surface area contributed by atoms with Crippen LogP contribution in [0.15, 0.2) is 43.2 Å². The van der Waals surface area contributed by atoms with Gasteiger partial charge in [-0.1, -0.05) is 18.2 Å². The van der Waals surface area contributed by atoms with Crippen LogP contribution in [-0.4, -0.2) is 64.8 Å². The molecule has 9 nitrogen and oxygen atoms in total. The van der Waals surface area contributed by atoms with E-state index in [9.17, 15) is 4.79 Å². The first-order valence-corrected chi connectivity index (χ1v) is 12.5. The number of ether oxygens (including phenoxy) is 3. The third kappa shape index (κ3) is 5.75. The first-order chi connectivity index (χ1) is 18.0. The summed E-state index contributed by atoms with van der Waals surface area (Å²) >= 11 is 6.30. The van der Waals surface area contributed by atoms with Crippen LogP contribution in [0, 0.1) is 11.7 Å². The standard InChI is InChI=1S/C26H27ClFN5O4/c1-2-22(34)33-10-7-17(13-33)37-21-6-4-19-25(32-21)26(30-15-29-19)31-18-3-5-20(23(27)24(18)28)36-14-16-8-11-35-12-9-16/h2-6,15-17H,1,7-14H2,(H,29,30,31)/t17-/m0/s1. The van der Waals surface area contributed by atoms with Crippen LogP contribution in [0.2, 0.25) is 5.02 Å². The molecule has 3 aromatic rings. The van der Waals surface area contributed by atoms with E-state index in [1.165, 1.54) is 12.4 Å². The Balaban J connectivity index is 1.31. The summed E-state index contributed by atoms with van der Waals surface area (Å²) in [6, 6.07) is 6.65. The maximum Gasteiger partial charge on any atom is 0.246 e. The first-order valence-electron chi connectivity index (χ1n) is 12.2. The highest BCUT2D eigenvalue weighted by atomic mass is 35.5. The van der Waals surface area contributed by atoms with Crippen LogP contribution in [-0.2, 0) is 9.53 Å². The topological polar surface area (TPSA) is 98.7 Å². The maximum atomic E-state index is 15.2. The average molecular weight is 528 g/mol. The van der Waals surface area contributed by atoms with Crippen molar-refractivity contribution in [2.75, 3.05) is 38.2 Å². The molecule has 2 aliphatic rings. The molecule has 2 fully saturated rings. The van der Waals surface area contributed by atoms with Gasteiger partial charge in [0.05, 0.1) is 24.4 Å². The van der Waals surface area contributed by atoms with E-state index in [0.717, 1.165) is 12.8 Å². The van der Waals surface area contributed by atoms with Gasteiger partial charge in [0.2, 0.25) is 11.8 Å². The predicted molar refractivity (Wildman–Crippen MR) is 137 cm³/mol. The van der Waals surface area contributed by atoms with E-state index in [1.54, 1.807) is 29.2 Å². The Hall–Kier alpha value is -3.50. The number of carbonyl (C=O) groups excluding carboxylic acids is 1. The zero-order valence-electron chi connectivity index (χ0n) is 20.2. The lowest BCUT2D eigenvalue weighted by molar-refractivity contribution is -0.125. The van der Waals surface area contributed by atoms with Crippen molar-refractivity contribution >= 4 is 40.0 Å². The second-order valence-corrected chi connectivity index (χ2v) is 9.37. The molecule has 0 aliphatic carbocycles. The van der Waals surface area contributed by atoms with Gasteiger partial charge in [-0.2, -0.15) is 0 Å². The minimum absolute atomic E-state index is 0.104. The zero-order valence-corrected chi connectivity index (χ0v) is 20.9. The van der Waals surface area contributed by atoms with E-state index in [1.807, 2.05) is 0 Å². The number of anilines is 2. The summed E-state index contributed by atoms with van der Waals surface area (Å²) in [6.07, 6.45) is 4.97. The van der Waals surface area contributed by atoms with Gasteiger partial charge in [0.15, 0.2) is 11.6 Å². The van der Waals surface area contributed by atoms with Gasteiger partial charge < -0.3 is 24.4 Å². The highest BCUT2D eigenvalue weighted by Gasteiger charge is 2.27. The minimum Gasteiger partial charge on any atom is -0.492 e. The van der Waals surface area contributed by atoms with Crippen LogP contribution in [0.25, 0.3) is 11.0 Å². The molecule has 0 radical (unpaired) electrons. The number of benzene rings is 1. The Bertz CT molecular complexity index is 1300. The Morgan fingerprint density at radius 3 is 2.89 bits per heavy atom. The van der Waals surface area contributed by atoms with Gasteiger partial charge >= 0.3 is 0 Å². The number of pyridine rings is 1. The van der Waals surface area contributed by atoms with E-state index in [4.69, 9.17) is 25.8 Å². The molecule has 5 rings (SSSR count). The fourth-order valence-electron chi connectivity index (χ4n) is 4.39. The van der Waals surface area contributed by atoms with Gasteiger partial charge in [-0.3, -0.25) is 4.79 Å². The third-order valence-corrected chi connectivity index (χ3v) is 6.84. The molecule has 2 saturated heterocycles. The predicted octanol–water partition coefficient (Wildman–Crippen LogP) is 4.53. The summed E-state index contributed by atoms with van der Waals surface area (Å²) in [5, 5.41) is 2.87. The lowest BCUT2D eigenvalue weighted by Crippen LogP contribution is -2.29. The number of nitrogens with one attached hydrogen (secondary N) is 1. The second-order valence-electron chi connectivity index (χ2n) is 8.99. The Labute approximate surface area is 218 Å². The van der Waals surface area contributed by atoms with E-state index < -0.39 is 5.82 Å². The molecule has 0 bridgehead atoms. The quantitative estimate of drug-likeness (QED) is 0.427. The molecular weight excluding hydrogens is 501 g/mol. The summed E-state index contributed by atoms with van der Waals surface area (Å²) in [4.78, 5) is 26.6. The molecule has 194 valence electrons. The second kappa shape index (κ2) is 11.3. The normalized spacial score (nSPS) is 18.1. The Kier molecular flexibility index (Phi) is 7.66. The molecule has 1 atom stereocenters. The molecule has 2 aliphatic heterocycles. The molecule has 0 saturated carbocycles. The van der Waals surface area contributed by atoms with Crippen molar-refractivity contribution in [3.63, 3.8) is 0 Å². The zero-order chi connectivity index (χ0) is 25.8. The number of hydrogen-bond donors (Lipinski definition) is 1. The highest BCUT2D eigenvalue weighted by Crippen LogP contribution is 2.35. The molecule has 1 amide bonds. The molecule has 37 heavy (non-hydrogen) atoms. The molecular formula is C26H27ClFN5O4. The average Bonchev–Trinajstić information content (AvgIpc) is 3.39. The van der Waals surface area contributed by atoms with E-state index in [0.29, 0.717) is 68.0 Å². The minimum atomic E-state index is -0.650. The number of carbonyl (C=O) groups is 1. The van der Waals surface area contributed by atoms with Crippen molar-refractivity contribution in [2.24, 2.45) is 5.92 Å². The number of amides is 1. The van der Waals surface area contributed by atoms with Crippen LogP contribution in [0.4, 0.5) is 15.9 Å². The summed E-state index contributed by atoms with van der Waals surface area (Å²) in [7, 11) is 0. The number of halogens is 2. The van der Waals surface area contributed by atoms with Crippen LogP contribution in [0.3, 0.4) is 0 Å². The van der Waals surface area contributed by atoms with Crippen LogP contribution in [0.1, 0.15) is 19.3 Å². The molecule has 11 heteroatoms. The van der Waals surface area contributed by atoms with Gasteiger partial charge in [0, 0.05) is 32.2 Å². The number of nitrogens with zero attached hydrogens (tertiary/aromatic N) is 4. The van der Waals surface area contributed by atoms with Crippen molar-refractivity contribution in [3.05, 3.63) is 54.1 Å². The fourth-order valence-corrected chi connectivity index (χ4v) is 4.61. The number of likely N-dealkylation sites (tertiary alicyclic amines) is 1. The van der Waals surface area contributed by atoms with Crippen molar-refractivity contribution in [2.45, 2.75) is 25.4 Å². The van der Waals surface area contributed by atoms with Crippen LogP contribution in [0.5, 0.6) is 11.6 Å². The van der Waals surface area contributed by atoms with E-state index in [-0.39, 0.29) is 28.5 Å². The Morgan fingerprint density at radius 2 is 2.08 bits per heavy atom. The number of hydrogen-bond acceptors (Lipinski definition) is 8. The van der Waals surface area contributed by atoms with Gasteiger partial charge in [-0.25, -0.2) is 19.3 Å². The van der Waals surface area contributed by atoms with Crippen LogP contribution < -0.4 is 14.8 Å². The molecule has 0 spiro atoms. The largest absolute Gasteiger partial charge is 0.492 e. The SMILES string of the molecule is C=CC(=O)N1CC[C@H](Oc2ccc3ncnc(Nc4ccc(OCC5CCOCC5)c(Cl)c4F)c3n2)C1. The maximum absolute atomic E-state index is 15.2. The van der Waals surface area contributed by atoms with Crippen molar-refractivity contribution in [1.29, 1.82) is 0 Å². The smallest absolute Gasteiger partial charge is 0.246 e. The fraction of sp³-hybridized carbons (Fsp3) is 0.385. The van der Waals surface area contributed by atoms with Crippen LogP contribution >= 0.6 is 11.6 Å². The van der Waals surface area contributed by atoms with Crippen molar-refractivity contribution in [1.82, 2.24) is 19.9 Å². The summed E-state index contributed by atoms with van der Waals surface area (Å²) in [5.41, 5.74) is 1.10. The highest BCUT2D eigenvalue weighted by molar-refractivity contribution is 6.32. The number of fused-ring (bicyclic) bond motifs is 1. The Morgan fingerprint density at radius 1 is 1.24 bits per heavy atom. The van der Waals surface area contributed by atoms with Crippen molar-refractivity contribution in [3.8, 4) is 11.6 Å². The van der Waals surface area contributed by atoms with E-state index in [2.05, 4.69) is 26.8 Å². The monoisotopic (exact) mass is 527 g/mol. The first kappa shape index (κ1) is 25.2. The molecule has 0 unspecified atom stereocenters. The van der Waals surface area contributed by atoms with Crippen molar-refractivity contribution < 1.29 is 23.4 Å². The van der Waals surface area contributed by atoms with Gasteiger partial charge in [-0.15, -0.1) is 0 Å². The number of rotatable bonds is 8. The molecule has 2 aromatic heterocycles. The summed E-state index contributed by atoms with van der Waals surface area (Å²) < 4.78 is 32.3. The lowest BCUT2D eigenvalue weighted by atomic mass is 10.0. The lowest BCUT2D eigenvalue weighted by Gasteiger charge is -2.22. The number of aromatic nitrogens is 3. The van der Waals surface area contributed by atoms with Gasteiger partial charge in [-0.05, 0) is 43.0 Å². The molecule has 1 aromatic carbocycles.